The van der Waals surface area contributed by atoms with Gasteiger partial charge in [0.05, 0.1) is 16.6 Å². The number of hydrogen-bond donors (Lipinski definition) is 0. The van der Waals surface area contributed by atoms with Crippen LogP contribution in [0.25, 0.3) is 127 Å². The first-order chi connectivity index (χ1) is 30.3. The third kappa shape index (κ3) is 5.00. The van der Waals surface area contributed by atoms with Crippen LogP contribution in [0.1, 0.15) is 0 Å². The van der Waals surface area contributed by atoms with Crippen LogP contribution < -0.4 is 0 Å². The third-order valence-corrected chi connectivity index (χ3v) is 13.0. The maximum Gasteiger partial charge on any atom is 0.0709 e. The second-order valence-corrected chi connectivity index (χ2v) is 16.2. The highest BCUT2D eigenvalue weighted by molar-refractivity contribution is 6.29. The SMILES string of the molecule is c1ccc(-c2c3c(c(-c4ccccc4)c4ccccc24)-c2ccc(-c4ccc(-c5cccc(-n6c7ccccc7c7c8cccnc8ccc76)c5)cc4)c4cccc-3c24)cc1. The molecule has 13 rings (SSSR count). The molecule has 0 saturated heterocycles. The summed E-state index contributed by atoms with van der Waals surface area (Å²) < 4.78 is 2.40. The number of aromatic nitrogens is 2. The average Bonchev–Trinajstić information content (AvgIpc) is 3.85. The fourth-order valence-electron chi connectivity index (χ4n) is 10.4. The van der Waals surface area contributed by atoms with Gasteiger partial charge >= 0.3 is 0 Å². The van der Waals surface area contributed by atoms with E-state index in [-0.39, 0.29) is 0 Å². The smallest absolute Gasteiger partial charge is 0.0709 e. The van der Waals surface area contributed by atoms with E-state index in [0.717, 1.165) is 11.2 Å². The van der Waals surface area contributed by atoms with Gasteiger partial charge in [-0.15, -0.1) is 0 Å². The monoisotopic (exact) mass is 772 g/mol. The van der Waals surface area contributed by atoms with E-state index in [1.165, 1.54) is 115 Å². The number of nitrogens with zero attached hydrogens (tertiary/aromatic N) is 2. The minimum Gasteiger partial charge on any atom is -0.309 e. The molecule has 1 aliphatic carbocycles. The first kappa shape index (κ1) is 33.9. The molecule has 0 amide bonds. The molecule has 2 heterocycles. The molecule has 12 aromatic rings. The molecule has 1 aliphatic rings. The highest BCUT2D eigenvalue weighted by atomic mass is 15.0. The molecule has 10 aromatic carbocycles. The molecule has 0 N–H and O–H groups in total. The Morgan fingerprint density at radius 3 is 1.61 bits per heavy atom. The largest absolute Gasteiger partial charge is 0.309 e. The van der Waals surface area contributed by atoms with Crippen LogP contribution in [-0.2, 0) is 0 Å². The predicted octanol–water partition coefficient (Wildman–Crippen LogP) is 16.0. The van der Waals surface area contributed by atoms with Gasteiger partial charge in [-0.1, -0.05) is 176 Å². The lowest BCUT2D eigenvalue weighted by Crippen LogP contribution is -1.94. The van der Waals surface area contributed by atoms with E-state index >= 15 is 0 Å². The summed E-state index contributed by atoms with van der Waals surface area (Å²) in [6.45, 7) is 0. The Bertz CT molecular complexity index is 3640. The summed E-state index contributed by atoms with van der Waals surface area (Å²) in [5, 5.41) is 8.81. The molecule has 0 spiro atoms. The van der Waals surface area contributed by atoms with Gasteiger partial charge in [0.25, 0.3) is 0 Å². The zero-order chi connectivity index (χ0) is 40.0. The fourth-order valence-corrected chi connectivity index (χ4v) is 10.4. The molecule has 0 atom stereocenters. The highest BCUT2D eigenvalue weighted by Gasteiger charge is 2.31. The lowest BCUT2D eigenvalue weighted by Gasteiger charge is -2.20. The number of benzene rings is 10. The van der Waals surface area contributed by atoms with E-state index in [1.54, 1.807) is 0 Å². The minimum atomic E-state index is 1.01. The van der Waals surface area contributed by atoms with Crippen molar-refractivity contribution in [1.82, 2.24) is 9.55 Å². The Balaban J connectivity index is 0.955. The minimum absolute atomic E-state index is 1.01. The van der Waals surface area contributed by atoms with Crippen LogP contribution in [0.15, 0.2) is 219 Å². The van der Waals surface area contributed by atoms with Gasteiger partial charge < -0.3 is 4.57 Å². The summed E-state index contributed by atoms with van der Waals surface area (Å²) in [5.41, 5.74) is 19.7. The maximum atomic E-state index is 4.67. The molecule has 0 bridgehead atoms. The Morgan fingerprint density at radius 2 is 0.869 bits per heavy atom. The van der Waals surface area contributed by atoms with Gasteiger partial charge in [-0.3, -0.25) is 4.98 Å². The van der Waals surface area contributed by atoms with E-state index < -0.39 is 0 Å². The van der Waals surface area contributed by atoms with Crippen molar-refractivity contribution in [2.75, 3.05) is 0 Å². The number of fused-ring (bicyclic) bond motifs is 9. The van der Waals surface area contributed by atoms with Crippen LogP contribution in [-0.4, -0.2) is 9.55 Å². The average molecular weight is 773 g/mol. The van der Waals surface area contributed by atoms with Crippen LogP contribution in [0.3, 0.4) is 0 Å². The Hall–Kier alpha value is -8.07. The molecule has 0 radical (unpaired) electrons. The van der Waals surface area contributed by atoms with Crippen molar-refractivity contribution in [3.63, 3.8) is 0 Å². The van der Waals surface area contributed by atoms with Gasteiger partial charge in [0.15, 0.2) is 0 Å². The predicted molar refractivity (Wildman–Crippen MR) is 257 cm³/mol. The topological polar surface area (TPSA) is 17.8 Å². The molecule has 282 valence electrons. The molecule has 0 saturated carbocycles. The summed E-state index contributed by atoms with van der Waals surface area (Å²) in [4.78, 5) is 4.67. The van der Waals surface area contributed by atoms with E-state index in [2.05, 4.69) is 216 Å². The zero-order valence-electron chi connectivity index (χ0n) is 33.2. The summed E-state index contributed by atoms with van der Waals surface area (Å²) in [6.07, 6.45) is 1.87. The van der Waals surface area contributed by atoms with Gasteiger partial charge in [0.1, 0.15) is 0 Å². The highest BCUT2D eigenvalue weighted by Crippen LogP contribution is 2.58. The van der Waals surface area contributed by atoms with Crippen LogP contribution in [0.2, 0.25) is 0 Å². The number of rotatable bonds is 5. The summed E-state index contributed by atoms with van der Waals surface area (Å²) in [6, 6.07) is 77.9. The van der Waals surface area contributed by atoms with Crippen molar-refractivity contribution in [2.45, 2.75) is 0 Å². The first-order valence-corrected chi connectivity index (χ1v) is 21.0. The molecular formula is C59H36N2. The molecular weight excluding hydrogens is 737 g/mol. The Kier molecular flexibility index (Phi) is 7.34. The Morgan fingerprint density at radius 1 is 0.295 bits per heavy atom. The molecule has 61 heavy (non-hydrogen) atoms. The third-order valence-electron chi connectivity index (χ3n) is 13.0. The second kappa shape index (κ2) is 13.2. The molecule has 0 fully saturated rings. The number of pyridine rings is 1. The van der Waals surface area contributed by atoms with Gasteiger partial charge in [-0.25, -0.2) is 0 Å². The number of hydrogen-bond acceptors (Lipinski definition) is 1. The quantitative estimate of drug-likeness (QED) is 0.170. The summed E-state index contributed by atoms with van der Waals surface area (Å²) in [5.74, 6) is 0. The fraction of sp³-hybridized carbons (Fsp3) is 0. The normalized spacial score (nSPS) is 11.9. The van der Waals surface area contributed by atoms with Crippen molar-refractivity contribution >= 4 is 54.3 Å². The van der Waals surface area contributed by atoms with E-state index in [1.807, 2.05) is 12.3 Å². The van der Waals surface area contributed by atoms with Crippen LogP contribution in [0.5, 0.6) is 0 Å². The van der Waals surface area contributed by atoms with Crippen molar-refractivity contribution in [2.24, 2.45) is 0 Å². The molecule has 2 heteroatoms. The lowest BCUT2D eigenvalue weighted by molar-refractivity contribution is 1.18. The van der Waals surface area contributed by atoms with E-state index in [0.29, 0.717) is 0 Å². The maximum absolute atomic E-state index is 4.67. The Labute approximate surface area is 353 Å². The van der Waals surface area contributed by atoms with Crippen LogP contribution in [0, 0.1) is 0 Å². The summed E-state index contributed by atoms with van der Waals surface area (Å²) >= 11 is 0. The van der Waals surface area contributed by atoms with E-state index in [4.69, 9.17) is 0 Å². The van der Waals surface area contributed by atoms with Crippen LogP contribution >= 0.6 is 0 Å². The van der Waals surface area contributed by atoms with Gasteiger partial charge in [-0.2, -0.15) is 0 Å². The second-order valence-electron chi connectivity index (χ2n) is 16.2. The van der Waals surface area contributed by atoms with Gasteiger partial charge in [0, 0.05) is 28.0 Å². The lowest BCUT2D eigenvalue weighted by atomic mass is 9.82. The van der Waals surface area contributed by atoms with Gasteiger partial charge in [-0.05, 0) is 125 Å². The van der Waals surface area contributed by atoms with Crippen molar-refractivity contribution in [3.8, 4) is 72.4 Å². The van der Waals surface area contributed by atoms with Crippen molar-refractivity contribution < 1.29 is 0 Å². The van der Waals surface area contributed by atoms with E-state index in [9.17, 15) is 0 Å². The van der Waals surface area contributed by atoms with Crippen molar-refractivity contribution in [1.29, 1.82) is 0 Å². The molecule has 2 aromatic heterocycles. The standard InChI is InChI=1S/C59H36N2/c1-3-14-39(15-4-1)54-45-20-7-8-21-46(45)55(40-16-5-2-6-17-40)59-50-32-31-43(44-23-12-24-49(56(44)50)58(54)59)38-29-27-37(28-30-38)41-18-11-19-42(36-41)61-52-26-10-9-22-48(52)57-47-25-13-35-60-51(47)33-34-53(57)61/h1-36H. The van der Waals surface area contributed by atoms with Crippen molar-refractivity contribution in [3.05, 3.63) is 219 Å². The molecule has 0 aliphatic heterocycles. The zero-order valence-corrected chi connectivity index (χ0v) is 33.2. The molecule has 0 unspecified atom stereocenters. The molecule has 2 nitrogen and oxygen atoms in total. The van der Waals surface area contributed by atoms with Gasteiger partial charge in [0.2, 0.25) is 0 Å². The first-order valence-electron chi connectivity index (χ1n) is 21.0. The number of para-hydroxylation sites is 1. The van der Waals surface area contributed by atoms with Crippen LogP contribution in [0.4, 0.5) is 0 Å². The summed E-state index contributed by atoms with van der Waals surface area (Å²) in [7, 11) is 0.